The predicted octanol–water partition coefficient (Wildman–Crippen LogP) is 5.35. The summed E-state index contributed by atoms with van der Waals surface area (Å²) in [6, 6.07) is 18.0. The molecule has 0 amide bonds. The van der Waals surface area contributed by atoms with Crippen molar-refractivity contribution in [1.29, 1.82) is 0 Å². The molecule has 6 rings (SSSR count). The third-order valence-corrected chi connectivity index (χ3v) is 6.46. The largest absolute Gasteiger partial charge is 0.380 e. The van der Waals surface area contributed by atoms with Gasteiger partial charge in [0.2, 0.25) is 0 Å². The zero-order valence-corrected chi connectivity index (χ0v) is 16.1. The van der Waals surface area contributed by atoms with E-state index in [9.17, 15) is 0 Å². The summed E-state index contributed by atoms with van der Waals surface area (Å²) in [7, 11) is 0. The van der Waals surface area contributed by atoms with Gasteiger partial charge in [-0.1, -0.05) is 35.9 Å². The molecule has 2 aromatic carbocycles. The molecule has 2 aliphatic heterocycles. The van der Waals surface area contributed by atoms with Crippen LogP contribution in [-0.2, 0) is 6.54 Å². The van der Waals surface area contributed by atoms with Crippen LogP contribution in [0.15, 0.2) is 60.9 Å². The summed E-state index contributed by atoms with van der Waals surface area (Å²) in [4.78, 5) is 6.93. The van der Waals surface area contributed by atoms with E-state index in [0.29, 0.717) is 12.1 Å². The van der Waals surface area contributed by atoms with E-state index in [1.807, 2.05) is 24.5 Å². The van der Waals surface area contributed by atoms with Gasteiger partial charge in [-0.25, -0.2) is 0 Å². The molecule has 1 aliphatic carbocycles. The summed E-state index contributed by atoms with van der Waals surface area (Å²) in [5.41, 5.74) is 2.58. The first-order valence-electron chi connectivity index (χ1n) is 9.84. The molecule has 2 bridgehead atoms. The van der Waals surface area contributed by atoms with Crippen molar-refractivity contribution >= 4 is 28.1 Å². The molecule has 1 N–H and O–H groups in total. The van der Waals surface area contributed by atoms with E-state index in [4.69, 9.17) is 11.6 Å². The van der Waals surface area contributed by atoms with Gasteiger partial charge in [-0.05, 0) is 55.0 Å². The Morgan fingerprint density at radius 3 is 2.81 bits per heavy atom. The first kappa shape index (κ1) is 17.0. The van der Waals surface area contributed by atoms with Crippen LogP contribution in [-0.4, -0.2) is 28.5 Å². The van der Waals surface area contributed by atoms with Gasteiger partial charge >= 0.3 is 0 Å². The van der Waals surface area contributed by atoms with Crippen molar-refractivity contribution < 1.29 is 0 Å². The first-order valence-corrected chi connectivity index (χ1v) is 10.2. The molecule has 3 fully saturated rings. The van der Waals surface area contributed by atoms with Crippen LogP contribution >= 0.6 is 11.6 Å². The summed E-state index contributed by atoms with van der Waals surface area (Å²) >= 11 is 6.05. The Labute approximate surface area is 165 Å². The minimum Gasteiger partial charge on any atom is -0.380 e. The quantitative estimate of drug-likeness (QED) is 0.664. The third kappa shape index (κ3) is 3.42. The molecular formula is C23H24ClN3. The fourth-order valence-corrected chi connectivity index (χ4v) is 5.05. The summed E-state index contributed by atoms with van der Waals surface area (Å²) in [5, 5.41) is 7.16. The van der Waals surface area contributed by atoms with Crippen molar-refractivity contribution in [2.24, 2.45) is 5.92 Å². The third-order valence-electron chi connectivity index (χ3n) is 6.20. The highest BCUT2D eigenvalue weighted by atomic mass is 35.5. The number of aromatic nitrogens is 1. The number of anilines is 1. The van der Waals surface area contributed by atoms with Gasteiger partial charge in [-0.3, -0.25) is 9.88 Å². The highest BCUT2D eigenvalue weighted by Crippen LogP contribution is 2.38. The maximum Gasteiger partial charge on any atom is 0.0423 e. The van der Waals surface area contributed by atoms with E-state index in [1.165, 1.54) is 47.8 Å². The average molecular weight is 378 g/mol. The smallest absolute Gasteiger partial charge is 0.0423 e. The van der Waals surface area contributed by atoms with Crippen LogP contribution in [0.1, 0.15) is 24.8 Å². The summed E-state index contributed by atoms with van der Waals surface area (Å²) in [6.07, 6.45) is 7.73. The van der Waals surface area contributed by atoms with E-state index in [0.717, 1.165) is 17.5 Å². The van der Waals surface area contributed by atoms with Gasteiger partial charge in [-0.15, -0.1) is 0 Å². The second-order valence-electron chi connectivity index (χ2n) is 7.96. The van der Waals surface area contributed by atoms with Crippen LogP contribution in [0.2, 0.25) is 5.02 Å². The summed E-state index contributed by atoms with van der Waals surface area (Å²) < 4.78 is 0. The van der Waals surface area contributed by atoms with E-state index < -0.39 is 0 Å². The minimum atomic E-state index is 0.503. The number of halogens is 1. The molecule has 0 spiro atoms. The number of hydrogen-bond acceptors (Lipinski definition) is 3. The van der Waals surface area contributed by atoms with Crippen LogP contribution in [0.3, 0.4) is 0 Å². The van der Waals surface area contributed by atoms with Crippen molar-refractivity contribution in [3.05, 3.63) is 71.5 Å². The Kier molecular flexibility index (Phi) is 4.50. The number of pyridine rings is 1. The molecule has 3 nitrogen and oxygen atoms in total. The molecule has 0 radical (unpaired) electrons. The van der Waals surface area contributed by atoms with Crippen LogP contribution in [0, 0.1) is 5.92 Å². The number of benzene rings is 2. The highest BCUT2D eigenvalue weighted by Gasteiger charge is 2.40. The molecule has 3 unspecified atom stereocenters. The number of rotatable bonds is 4. The van der Waals surface area contributed by atoms with E-state index in [2.05, 4.69) is 51.6 Å². The number of piperidine rings is 2. The lowest BCUT2D eigenvalue weighted by molar-refractivity contribution is 0.0323. The molecule has 3 aromatic rings. The Hall–Kier alpha value is -2.10. The molecule has 4 heteroatoms. The molecule has 27 heavy (non-hydrogen) atoms. The van der Waals surface area contributed by atoms with E-state index >= 15 is 0 Å². The van der Waals surface area contributed by atoms with Crippen molar-refractivity contribution in [2.45, 2.75) is 37.9 Å². The second-order valence-corrected chi connectivity index (χ2v) is 8.39. The lowest BCUT2D eigenvalue weighted by Gasteiger charge is -2.50. The topological polar surface area (TPSA) is 28.2 Å². The molecule has 3 heterocycles. The highest BCUT2D eigenvalue weighted by molar-refractivity contribution is 6.30. The van der Waals surface area contributed by atoms with E-state index in [-0.39, 0.29) is 0 Å². The monoisotopic (exact) mass is 377 g/mol. The molecule has 138 valence electrons. The average Bonchev–Trinajstić information content (AvgIpc) is 2.71. The number of fused-ring (bicyclic) bond motifs is 4. The number of nitrogens with one attached hydrogen (secondary N) is 1. The minimum absolute atomic E-state index is 0.503. The normalized spacial score (nSPS) is 25.0. The Bertz CT molecular complexity index is 935. The molecule has 1 saturated carbocycles. The van der Waals surface area contributed by atoms with Crippen LogP contribution in [0.5, 0.6) is 0 Å². The lowest BCUT2D eigenvalue weighted by Crippen LogP contribution is -2.57. The zero-order chi connectivity index (χ0) is 18.2. The summed E-state index contributed by atoms with van der Waals surface area (Å²) in [6.45, 7) is 2.22. The van der Waals surface area contributed by atoms with Crippen molar-refractivity contribution in [1.82, 2.24) is 9.88 Å². The first-order chi connectivity index (χ1) is 13.3. The lowest BCUT2D eigenvalue weighted by atomic mass is 9.76. The Morgan fingerprint density at radius 2 is 1.96 bits per heavy atom. The van der Waals surface area contributed by atoms with Crippen LogP contribution in [0.4, 0.5) is 5.69 Å². The van der Waals surface area contributed by atoms with Crippen molar-refractivity contribution in [3.8, 4) is 0 Å². The molecule has 3 aliphatic rings. The van der Waals surface area contributed by atoms with Gasteiger partial charge in [0.25, 0.3) is 0 Å². The van der Waals surface area contributed by atoms with Gasteiger partial charge in [0.15, 0.2) is 0 Å². The standard InChI is InChI=1S/C23H24ClN3/c24-19-7-4-16(5-8-19)14-27-15-17-6-9-23(27)22(12-17)26-21-3-1-2-18-13-25-11-10-20(18)21/h1-5,7-8,10-11,13,17,22-23,26H,6,9,12,14-15H2. The Morgan fingerprint density at radius 1 is 1.07 bits per heavy atom. The number of hydrogen-bond donors (Lipinski definition) is 1. The predicted molar refractivity (Wildman–Crippen MR) is 112 cm³/mol. The van der Waals surface area contributed by atoms with Crippen LogP contribution < -0.4 is 5.32 Å². The SMILES string of the molecule is Clc1ccc(CN2CC3CCC2C(Nc2cccc4cnccc24)C3)cc1. The molecule has 1 aromatic heterocycles. The zero-order valence-electron chi connectivity index (χ0n) is 15.3. The van der Waals surface area contributed by atoms with Crippen molar-refractivity contribution in [3.63, 3.8) is 0 Å². The number of nitrogens with zero attached hydrogens (tertiary/aromatic N) is 2. The summed E-state index contributed by atoms with van der Waals surface area (Å²) in [5.74, 6) is 0.788. The van der Waals surface area contributed by atoms with E-state index in [1.54, 1.807) is 0 Å². The Balaban J connectivity index is 1.37. The van der Waals surface area contributed by atoms with Crippen LogP contribution in [0.25, 0.3) is 10.8 Å². The fraction of sp³-hybridized carbons (Fsp3) is 0.348. The van der Waals surface area contributed by atoms with Gasteiger partial charge < -0.3 is 5.32 Å². The van der Waals surface area contributed by atoms with Gasteiger partial charge in [0.1, 0.15) is 0 Å². The van der Waals surface area contributed by atoms with Crippen molar-refractivity contribution in [2.75, 3.05) is 11.9 Å². The maximum atomic E-state index is 6.05. The second kappa shape index (κ2) is 7.14. The maximum absolute atomic E-state index is 6.05. The molecule has 2 saturated heterocycles. The van der Waals surface area contributed by atoms with Gasteiger partial charge in [-0.2, -0.15) is 0 Å². The molecular weight excluding hydrogens is 354 g/mol. The van der Waals surface area contributed by atoms with Gasteiger partial charge in [0, 0.05) is 59.0 Å². The molecule has 3 atom stereocenters. The van der Waals surface area contributed by atoms with Gasteiger partial charge in [0.05, 0.1) is 0 Å². The fourth-order valence-electron chi connectivity index (χ4n) is 4.92.